The van der Waals surface area contributed by atoms with E-state index in [-0.39, 0.29) is 37.0 Å². The highest BCUT2D eigenvalue weighted by molar-refractivity contribution is 5.85. The van der Waals surface area contributed by atoms with Gasteiger partial charge in [-0.15, -0.1) is 0 Å². The van der Waals surface area contributed by atoms with Gasteiger partial charge in [-0.25, -0.2) is 0 Å². The average molecular weight is 443 g/mol. The fraction of sp³-hybridized carbons (Fsp3) is 0.520. The predicted molar refractivity (Wildman–Crippen MR) is 121 cm³/mol. The Kier molecular flexibility index (Phi) is 7.83. The van der Waals surface area contributed by atoms with Crippen LogP contribution in [0.1, 0.15) is 51.2 Å². The second-order valence-corrected chi connectivity index (χ2v) is 9.22. The standard InChI is InChI=1S/C25H34N2O5/c1-17(2)10-24(28)26(12-18(3)4)15-25(29)27(14-21-8-6-19(5)32-21)13-20-7-9-22-23(11-20)31-16-30-22/h6-9,11,17-18H,10,12-16H2,1-5H3. The number of benzene rings is 1. The summed E-state index contributed by atoms with van der Waals surface area (Å²) in [5, 5.41) is 0. The van der Waals surface area contributed by atoms with Crippen molar-refractivity contribution in [3.63, 3.8) is 0 Å². The van der Waals surface area contributed by atoms with Crippen LogP contribution < -0.4 is 9.47 Å². The smallest absolute Gasteiger partial charge is 0.242 e. The molecular formula is C25H34N2O5. The molecule has 0 aliphatic carbocycles. The molecule has 0 fully saturated rings. The molecule has 2 aromatic rings. The van der Waals surface area contributed by atoms with Crippen LogP contribution in [0.5, 0.6) is 11.5 Å². The number of nitrogens with zero attached hydrogens (tertiary/aromatic N) is 2. The Balaban J connectivity index is 1.78. The molecule has 0 N–H and O–H groups in total. The minimum absolute atomic E-state index is 0.0129. The number of fused-ring (bicyclic) bond motifs is 1. The second-order valence-electron chi connectivity index (χ2n) is 9.22. The Hall–Kier alpha value is -2.96. The minimum atomic E-state index is -0.116. The summed E-state index contributed by atoms with van der Waals surface area (Å²) < 4.78 is 16.6. The second kappa shape index (κ2) is 10.6. The summed E-state index contributed by atoms with van der Waals surface area (Å²) in [6.45, 7) is 11.5. The van der Waals surface area contributed by atoms with Gasteiger partial charge in [-0.1, -0.05) is 33.8 Å². The van der Waals surface area contributed by atoms with Crippen molar-refractivity contribution in [2.75, 3.05) is 19.9 Å². The molecule has 1 aromatic carbocycles. The van der Waals surface area contributed by atoms with E-state index in [1.54, 1.807) is 9.80 Å². The van der Waals surface area contributed by atoms with Crippen molar-refractivity contribution in [3.05, 3.63) is 47.4 Å². The van der Waals surface area contributed by atoms with E-state index < -0.39 is 0 Å². The van der Waals surface area contributed by atoms with E-state index in [9.17, 15) is 9.59 Å². The Morgan fingerprint density at radius 3 is 2.31 bits per heavy atom. The lowest BCUT2D eigenvalue weighted by Gasteiger charge is -2.29. The fourth-order valence-electron chi connectivity index (χ4n) is 3.69. The quantitative estimate of drug-likeness (QED) is 0.546. The molecular weight excluding hydrogens is 408 g/mol. The number of hydrogen-bond donors (Lipinski definition) is 0. The van der Waals surface area contributed by atoms with Gasteiger partial charge in [0, 0.05) is 19.5 Å². The molecule has 0 bridgehead atoms. The molecule has 0 saturated heterocycles. The van der Waals surface area contributed by atoms with Gasteiger partial charge in [0.25, 0.3) is 0 Å². The Morgan fingerprint density at radius 2 is 1.66 bits per heavy atom. The van der Waals surface area contributed by atoms with Gasteiger partial charge >= 0.3 is 0 Å². The van der Waals surface area contributed by atoms with E-state index >= 15 is 0 Å². The molecule has 0 spiro atoms. The number of aryl methyl sites for hydroxylation is 1. The van der Waals surface area contributed by atoms with Crippen molar-refractivity contribution in [2.24, 2.45) is 11.8 Å². The van der Waals surface area contributed by atoms with Gasteiger partial charge in [0.1, 0.15) is 11.5 Å². The van der Waals surface area contributed by atoms with Crippen molar-refractivity contribution >= 4 is 11.8 Å². The highest BCUT2D eigenvalue weighted by Gasteiger charge is 2.24. The van der Waals surface area contributed by atoms with Crippen LogP contribution in [-0.2, 0) is 22.7 Å². The monoisotopic (exact) mass is 442 g/mol. The Morgan fingerprint density at radius 1 is 0.906 bits per heavy atom. The number of amides is 2. The molecule has 1 aliphatic heterocycles. The van der Waals surface area contributed by atoms with Gasteiger partial charge in [-0.05, 0) is 48.6 Å². The molecule has 2 amide bonds. The first kappa shape index (κ1) is 23.7. The third-order valence-electron chi connectivity index (χ3n) is 5.15. The number of carbonyl (C=O) groups excluding carboxylic acids is 2. The van der Waals surface area contributed by atoms with E-state index in [2.05, 4.69) is 13.8 Å². The van der Waals surface area contributed by atoms with Crippen molar-refractivity contribution in [1.82, 2.24) is 9.80 Å². The predicted octanol–water partition coefficient (Wildman–Crippen LogP) is 4.38. The molecule has 0 atom stereocenters. The van der Waals surface area contributed by atoms with Gasteiger partial charge in [0.2, 0.25) is 18.6 Å². The lowest BCUT2D eigenvalue weighted by molar-refractivity contribution is -0.142. The molecule has 0 radical (unpaired) electrons. The maximum Gasteiger partial charge on any atom is 0.242 e. The van der Waals surface area contributed by atoms with Crippen molar-refractivity contribution in [1.29, 1.82) is 0 Å². The SMILES string of the molecule is Cc1ccc(CN(Cc2ccc3c(c2)OCO3)C(=O)CN(CC(C)C)C(=O)CC(C)C)o1. The molecule has 3 rings (SSSR count). The third kappa shape index (κ3) is 6.52. The Labute approximate surface area is 190 Å². The lowest BCUT2D eigenvalue weighted by Crippen LogP contribution is -2.44. The summed E-state index contributed by atoms with van der Waals surface area (Å²) in [5.41, 5.74) is 0.926. The molecule has 7 heteroatoms. The first-order chi connectivity index (χ1) is 15.2. The molecule has 32 heavy (non-hydrogen) atoms. The van der Waals surface area contributed by atoms with Gasteiger partial charge < -0.3 is 23.7 Å². The summed E-state index contributed by atoms with van der Waals surface area (Å²) in [6, 6.07) is 9.44. The van der Waals surface area contributed by atoms with Gasteiger partial charge in [-0.3, -0.25) is 9.59 Å². The Bertz CT molecular complexity index is 934. The highest BCUT2D eigenvalue weighted by Crippen LogP contribution is 2.33. The van der Waals surface area contributed by atoms with Crippen molar-refractivity contribution < 1.29 is 23.5 Å². The normalized spacial score (nSPS) is 12.5. The maximum atomic E-state index is 13.4. The number of rotatable bonds is 10. The van der Waals surface area contributed by atoms with Crippen LogP contribution in [0.3, 0.4) is 0 Å². The van der Waals surface area contributed by atoms with Crippen LogP contribution in [0.25, 0.3) is 0 Å². The zero-order valence-electron chi connectivity index (χ0n) is 19.7. The summed E-state index contributed by atoms with van der Waals surface area (Å²) in [4.78, 5) is 29.6. The van der Waals surface area contributed by atoms with Gasteiger partial charge in [0.05, 0.1) is 13.1 Å². The van der Waals surface area contributed by atoms with E-state index in [0.29, 0.717) is 43.3 Å². The number of hydrogen-bond acceptors (Lipinski definition) is 5. The van der Waals surface area contributed by atoms with Crippen LogP contribution in [0.15, 0.2) is 34.7 Å². The molecule has 2 heterocycles. The zero-order chi connectivity index (χ0) is 23.3. The largest absolute Gasteiger partial charge is 0.464 e. The fourth-order valence-corrected chi connectivity index (χ4v) is 3.69. The highest BCUT2D eigenvalue weighted by atomic mass is 16.7. The summed E-state index contributed by atoms with van der Waals surface area (Å²) in [6.07, 6.45) is 0.430. The van der Waals surface area contributed by atoms with Crippen LogP contribution in [0, 0.1) is 18.8 Å². The number of furan rings is 1. The molecule has 174 valence electrons. The average Bonchev–Trinajstić information content (AvgIpc) is 3.34. The molecule has 1 aromatic heterocycles. The summed E-state index contributed by atoms with van der Waals surface area (Å²) in [5.74, 6) is 3.29. The first-order valence-corrected chi connectivity index (χ1v) is 11.2. The lowest BCUT2D eigenvalue weighted by atomic mass is 10.1. The van der Waals surface area contributed by atoms with Crippen molar-refractivity contribution in [2.45, 2.75) is 54.1 Å². The van der Waals surface area contributed by atoms with Crippen LogP contribution in [0.4, 0.5) is 0 Å². The summed E-state index contributed by atoms with van der Waals surface area (Å²) in [7, 11) is 0. The first-order valence-electron chi connectivity index (χ1n) is 11.2. The van der Waals surface area contributed by atoms with E-state index in [1.165, 1.54) is 0 Å². The van der Waals surface area contributed by atoms with E-state index in [1.807, 2.05) is 51.1 Å². The maximum absolute atomic E-state index is 13.4. The van der Waals surface area contributed by atoms with Crippen LogP contribution >= 0.6 is 0 Å². The summed E-state index contributed by atoms with van der Waals surface area (Å²) >= 11 is 0. The van der Waals surface area contributed by atoms with Crippen LogP contribution in [0.2, 0.25) is 0 Å². The topological polar surface area (TPSA) is 72.2 Å². The molecule has 7 nitrogen and oxygen atoms in total. The van der Waals surface area contributed by atoms with Gasteiger partial charge in [0.15, 0.2) is 11.5 Å². The van der Waals surface area contributed by atoms with Gasteiger partial charge in [-0.2, -0.15) is 0 Å². The van der Waals surface area contributed by atoms with Crippen molar-refractivity contribution in [3.8, 4) is 11.5 Å². The number of carbonyl (C=O) groups is 2. The van der Waals surface area contributed by atoms with Crippen LogP contribution in [-0.4, -0.2) is 41.5 Å². The third-order valence-corrected chi connectivity index (χ3v) is 5.15. The molecule has 0 unspecified atom stereocenters. The number of ether oxygens (including phenoxy) is 2. The minimum Gasteiger partial charge on any atom is -0.464 e. The van der Waals surface area contributed by atoms with E-state index in [4.69, 9.17) is 13.9 Å². The zero-order valence-corrected chi connectivity index (χ0v) is 19.7. The molecule has 1 aliphatic rings. The molecule has 0 saturated carbocycles. The van der Waals surface area contributed by atoms with E-state index in [0.717, 1.165) is 11.3 Å².